The summed E-state index contributed by atoms with van der Waals surface area (Å²) in [5, 5.41) is 4.16. The third-order valence-electron chi connectivity index (χ3n) is 3.88. The first kappa shape index (κ1) is 15.7. The van der Waals surface area contributed by atoms with Crippen LogP contribution in [0.25, 0.3) is 10.9 Å². The highest BCUT2D eigenvalue weighted by atomic mass is 79.9. The molecule has 1 unspecified atom stereocenters. The van der Waals surface area contributed by atoms with Crippen LogP contribution in [-0.4, -0.2) is 16.4 Å². The summed E-state index contributed by atoms with van der Waals surface area (Å²) in [5.41, 5.74) is -1.39. The molecule has 1 aliphatic heterocycles. The van der Waals surface area contributed by atoms with Gasteiger partial charge in [-0.25, -0.2) is 9.07 Å². The van der Waals surface area contributed by atoms with E-state index in [9.17, 15) is 17.6 Å². The molecule has 1 fully saturated rings. The van der Waals surface area contributed by atoms with Gasteiger partial charge in [0.25, 0.3) is 0 Å². The molecule has 0 radical (unpaired) electrons. The molecule has 1 aromatic carbocycles. The minimum Gasteiger partial charge on any atom is -0.356 e. The maximum Gasteiger partial charge on any atom is 0.417 e. The van der Waals surface area contributed by atoms with E-state index in [4.69, 9.17) is 4.74 Å². The Hall–Kier alpha value is -1.15. The first-order valence-electron chi connectivity index (χ1n) is 6.86. The van der Waals surface area contributed by atoms with Gasteiger partial charge < -0.3 is 4.74 Å². The molecule has 0 spiro atoms. The highest BCUT2D eigenvalue weighted by molar-refractivity contribution is 9.10. The Morgan fingerprint density at radius 1 is 1.36 bits per heavy atom. The van der Waals surface area contributed by atoms with Crippen LogP contribution >= 0.6 is 15.9 Å². The molecule has 1 aromatic heterocycles. The van der Waals surface area contributed by atoms with Gasteiger partial charge in [0.2, 0.25) is 0 Å². The molecule has 3 rings (SSSR count). The van der Waals surface area contributed by atoms with E-state index in [2.05, 4.69) is 21.0 Å². The van der Waals surface area contributed by atoms with Crippen molar-refractivity contribution in [3.8, 4) is 0 Å². The molecule has 1 saturated heterocycles. The van der Waals surface area contributed by atoms with Gasteiger partial charge >= 0.3 is 6.18 Å². The van der Waals surface area contributed by atoms with Crippen LogP contribution in [0, 0.1) is 12.7 Å². The number of aromatic nitrogens is 2. The maximum absolute atomic E-state index is 14.6. The van der Waals surface area contributed by atoms with Crippen molar-refractivity contribution in [2.24, 2.45) is 0 Å². The molecule has 120 valence electrons. The Bertz CT molecular complexity index is 720. The summed E-state index contributed by atoms with van der Waals surface area (Å²) in [6.07, 6.45) is -1.35. The summed E-state index contributed by atoms with van der Waals surface area (Å²) >= 11 is 2.96. The normalized spacial score (nSPS) is 19.8. The second kappa shape index (κ2) is 5.49. The van der Waals surface area contributed by atoms with Crippen LogP contribution in [0.5, 0.6) is 0 Å². The monoisotopic (exact) mass is 380 g/mol. The van der Waals surface area contributed by atoms with Crippen LogP contribution in [0.3, 0.4) is 0 Å². The second-order valence-corrected chi connectivity index (χ2v) is 6.09. The van der Waals surface area contributed by atoms with Crippen molar-refractivity contribution >= 4 is 26.8 Å². The number of alkyl halides is 3. The highest BCUT2D eigenvalue weighted by Crippen LogP contribution is 2.43. The number of benzene rings is 1. The van der Waals surface area contributed by atoms with E-state index in [1.54, 1.807) is 0 Å². The van der Waals surface area contributed by atoms with Gasteiger partial charge in [-0.05, 0) is 42.1 Å². The Balaban J connectivity index is 2.24. The van der Waals surface area contributed by atoms with E-state index < -0.39 is 29.3 Å². The van der Waals surface area contributed by atoms with E-state index in [-0.39, 0.29) is 15.4 Å². The Morgan fingerprint density at radius 3 is 2.68 bits per heavy atom. The summed E-state index contributed by atoms with van der Waals surface area (Å²) < 4.78 is 60.7. The molecular formula is C14H13BrF4N2O. The van der Waals surface area contributed by atoms with E-state index in [1.807, 2.05) is 0 Å². The Labute approximate surface area is 132 Å². The standard InChI is InChI=1S/C14H13BrF4N2O/c1-7-10(14(17,18)19)11(15)8-6-20-21(13(8)12(7)16)9-4-2-3-5-22-9/h6,9H,2-5H2,1H3. The number of ether oxygens (including phenoxy) is 1. The topological polar surface area (TPSA) is 27.1 Å². The summed E-state index contributed by atoms with van der Waals surface area (Å²) in [5.74, 6) is -0.905. The average molecular weight is 381 g/mol. The smallest absolute Gasteiger partial charge is 0.356 e. The maximum atomic E-state index is 14.6. The quantitative estimate of drug-likeness (QED) is 0.653. The molecule has 2 aromatic rings. The van der Waals surface area contributed by atoms with Gasteiger partial charge in [-0.15, -0.1) is 0 Å². The van der Waals surface area contributed by atoms with Gasteiger partial charge in [0.15, 0.2) is 12.0 Å². The lowest BCUT2D eigenvalue weighted by atomic mass is 10.0. The van der Waals surface area contributed by atoms with Crippen molar-refractivity contribution in [1.82, 2.24) is 9.78 Å². The van der Waals surface area contributed by atoms with Crippen molar-refractivity contribution in [3.05, 3.63) is 27.6 Å². The predicted octanol–water partition coefficient (Wildman–Crippen LogP) is 4.96. The van der Waals surface area contributed by atoms with Crippen LogP contribution in [0.15, 0.2) is 10.7 Å². The molecule has 0 aliphatic carbocycles. The number of halogens is 5. The van der Waals surface area contributed by atoms with Crippen molar-refractivity contribution in [3.63, 3.8) is 0 Å². The fourth-order valence-electron chi connectivity index (χ4n) is 2.80. The molecule has 1 aliphatic rings. The van der Waals surface area contributed by atoms with Gasteiger partial charge in [-0.1, -0.05) is 0 Å². The van der Waals surface area contributed by atoms with Crippen molar-refractivity contribution < 1.29 is 22.3 Å². The Morgan fingerprint density at radius 2 is 2.09 bits per heavy atom. The number of hydrogen-bond acceptors (Lipinski definition) is 2. The number of fused-ring (bicyclic) bond motifs is 1. The van der Waals surface area contributed by atoms with Crippen LogP contribution in [-0.2, 0) is 10.9 Å². The van der Waals surface area contributed by atoms with Gasteiger partial charge in [0.1, 0.15) is 5.52 Å². The molecule has 2 heterocycles. The summed E-state index contributed by atoms with van der Waals surface area (Å²) in [6.45, 7) is 1.66. The van der Waals surface area contributed by atoms with Crippen molar-refractivity contribution in [1.29, 1.82) is 0 Å². The molecule has 3 nitrogen and oxygen atoms in total. The molecule has 0 N–H and O–H groups in total. The van der Waals surface area contributed by atoms with Crippen LogP contribution in [0.1, 0.15) is 36.6 Å². The molecule has 0 bridgehead atoms. The van der Waals surface area contributed by atoms with Gasteiger partial charge in [0, 0.05) is 22.0 Å². The fourth-order valence-corrected chi connectivity index (χ4v) is 3.61. The molecule has 0 amide bonds. The molecule has 22 heavy (non-hydrogen) atoms. The lowest BCUT2D eigenvalue weighted by Crippen LogP contribution is -2.20. The zero-order chi connectivity index (χ0) is 16.1. The van der Waals surface area contributed by atoms with Crippen LogP contribution < -0.4 is 0 Å². The van der Waals surface area contributed by atoms with Crippen LogP contribution in [0.4, 0.5) is 17.6 Å². The highest BCUT2D eigenvalue weighted by Gasteiger charge is 2.38. The zero-order valence-corrected chi connectivity index (χ0v) is 13.3. The first-order chi connectivity index (χ1) is 10.3. The van der Waals surface area contributed by atoms with Crippen molar-refractivity contribution in [2.45, 2.75) is 38.6 Å². The average Bonchev–Trinajstić information content (AvgIpc) is 2.90. The van der Waals surface area contributed by atoms with E-state index in [1.165, 1.54) is 10.9 Å². The molecule has 8 heteroatoms. The largest absolute Gasteiger partial charge is 0.417 e. The summed E-state index contributed by atoms with van der Waals surface area (Å²) in [4.78, 5) is 0. The number of hydrogen-bond donors (Lipinski definition) is 0. The zero-order valence-electron chi connectivity index (χ0n) is 11.7. The molecule has 1 atom stereocenters. The predicted molar refractivity (Wildman–Crippen MR) is 76.0 cm³/mol. The van der Waals surface area contributed by atoms with Crippen LogP contribution in [0.2, 0.25) is 0 Å². The minimum absolute atomic E-state index is 0.0456. The SMILES string of the molecule is Cc1c(C(F)(F)F)c(Br)c2cnn(C3CCCCO3)c2c1F. The second-order valence-electron chi connectivity index (χ2n) is 5.30. The number of rotatable bonds is 1. The fraction of sp³-hybridized carbons (Fsp3) is 0.500. The summed E-state index contributed by atoms with van der Waals surface area (Å²) in [6, 6.07) is 0. The third-order valence-corrected chi connectivity index (χ3v) is 4.70. The third kappa shape index (κ3) is 2.42. The van der Waals surface area contributed by atoms with E-state index in [0.717, 1.165) is 19.8 Å². The van der Waals surface area contributed by atoms with E-state index in [0.29, 0.717) is 13.0 Å². The van der Waals surface area contributed by atoms with Crippen molar-refractivity contribution in [2.75, 3.05) is 6.61 Å². The minimum atomic E-state index is -4.64. The lowest BCUT2D eigenvalue weighted by molar-refractivity contribution is -0.138. The number of nitrogens with zero attached hydrogens (tertiary/aromatic N) is 2. The van der Waals surface area contributed by atoms with Gasteiger partial charge in [0.05, 0.1) is 11.8 Å². The van der Waals surface area contributed by atoms with Gasteiger partial charge in [-0.2, -0.15) is 18.3 Å². The van der Waals surface area contributed by atoms with E-state index >= 15 is 0 Å². The lowest BCUT2D eigenvalue weighted by Gasteiger charge is -2.24. The molecular weight excluding hydrogens is 368 g/mol. The first-order valence-corrected chi connectivity index (χ1v) is 7.65. The van der Waals surface area contributed by atoms with Gasteiger partial charge in [-0.3, -0.25) is 0 Å². The summed E-state index contributed by atoms with van der Waals surface area (Å²) in [7, 11) is 0. The Kier molecular flexibility index (Phi) is 3.92. The molecule has 0 saturated carbocycles.